The Morgan fingerprint density at radius 3 is 2.31 bits per heavy atom. The Kier molecular flexibility index (Phi) is 5.60. The molecule has 0 aromatic heterocycles. The van der Waals surface area contributed by atoms with Gasteiger partial charge in [-0.15, -0.1) is 0 Å². The Balaban J connectivity index is 2.37. The Morgan fingerprint density at radius 1 is 1.25 bits per heavy atom. The summed E-state index contributed by atoms with van der Waals surface area (Å²) in [6, 6.07) is 0.0513. The number of carbonyl (C=O) groups is 1. The van der Waals surface area contributed by atoms with Crippen molar-refractivity contribution in [3.05, 3.63) is 0 Å². The highest BCUT2D eigenvalue weighted by atomic mass is 16.3. The summed E-state index contributed by atoms with van der Waals surface area (Å²) in [5.41, 5.74) is 0. The number of amides is 2. The minimum atomic E-state index is 0.0229. The van der Waals surface area contributed by atoms with Gasteiger partial charge in [-0.1, -0.05) is 19.8 Å². The largest absolute Gasteiger partial charge is 0.396 e. The van der Waals surface area contributed by atoms with Crippen LogP contribution < -0.4 is 5.32 Å². The van der Waals surface area contributed by atoms with Gasteiger partial charge in [0.15, 0.2) is 0 Å². The van der Waals surface area contributed by atoms with Gasteiger partial charge in [-0.3, -0.25) is 0 Å². The molecule has 1 aliphatic rings. The van der Waals surface area contributed by atoms with Crippen molar-refractivity contribution in [2.45, 2.75) is 45.6 Å². The summed E-state index contributed by atoms with van der Waals surface area (Å²) in [4.78, 5) is 13.8. The van der Waals surface area contributed by atoms with Crippen molar-refractivity contribution in [1.82, 2.24) is 10.2 Å². The number of urea groups is 1. The SMILES string of the molecule is CC(CO)C(C)NC(=O)N1CCCCCC1. The van der Waals surface area contributed by atoms with Crippen LogP contribution in [-0.4, -0.2) is 41.8 Å². The maximum Gasteiger partial charge on any atom is 0.317 e. The molecule has 0 spiro atoms. The van der Waals surface area contributed by atoms with E-state index >= 15 is 0 Å². The number of nitrogens with one attached hydrogen (secondary N) is 1. The van der Waals surface area contributed by atoms with E-state index in [0.29, 0.717) is 0 Å². The molecule has 16 heavy (non-hydrogen) atoms. The predicted octanol–water partition coefficient (Wildman–Crippen LogP) is 1.59. The van der Waals surface area contributed by atoms with Crippen molar-refractivity contribution in [3.63, 3.8) is 0 Å². The fourth-order valence-corrected chi connectivity index (χ4v) is 1.86. The molecule has 0 radical (unpaired) electrons. The predicted molar refractivity (Wildman–Crippen MR) is 64.3 cm³/mol. The van der Waals surface area contributed by atoms with E-state index in [1.165, 1.54) is 12.8 Å². The lowest BCUT2D eigenvalue weighted by atomic mass is 10.1. The second-order valence-corrected chi connectivity index (χ2v) is 4.80. The molecule has 2 N–H and O–H groups in total. The molecule has 0 aliphatic carbocycles. The van der Waals surface area contributed by atoms with E-state index < -0.39 is 0 Å². The molecule has 94 valence electrons. The van der Waals surface area contributed by atoms with Gasteiger partial charge < -0.3 is 15.3 Å². The van der Waals surface area contributed by atoms with E-state index in [-0.39, 0.29) is 24.6 Å². The minimum Gasteiger partial charge on any atom is -0.396 e. The van der Waals surface area contributed by atoms with Crippen LogP contribution in [0.2, 0.25) is 0 Å². The quantitative estimate of drug-likeness (QED) is 0.770. The Hall–Kier alpha value is -0.770. The number of carbonyl (C=O) groups excluding carboxylic acids is 1. The van der Waals surface area contributed by atoms with E-state index in [0.717, 1.165) is 25.9 Å². The zero-order valence-electron chi connectivity index (χ0n) is 10.4. The number of likely N-dealkylation sites (tertiary alicyclic amines) is 1. The van der Waals surface area contributed by atoms with Gasteiger partial charge in [-0.25, -0.2) is 4.79 Å². The smallest absolute Gasteiger partial charge is 0.317 e. The normalized spacial score (nSPS) is 21.1. The van der Waals surface area contributed by atoms with Gasteiger partial charge in [0, 0.05) is 25.7 Å². The first-order valence-corrected chi connectivity index (χ1v) is 6.31. The maximum absolute atomic E-state index is 11.9. The molecule has 2 atom stereocenters. The molecule has 0 bridgehead atoms. The first-order valence-electron chi connectivity index (χ1n) is 6.31. The second kappa shape index (κ2) is 6.74. The third-order valence-electron chi connectivity index (χ3n) is 3.39. The standard InChI is InChI=1S/C12H24N2O2/c1-10(9-15)11(2)13-12(16)14-7-5-3-4-6-8-14/h10-11,15H,3-9H2,1-2H3,(H,13,16). The molecular formula is C12H24N2O2. The fourth-order valence-electron chi connectivity index (χ4n) is 1.86. The molecule has 4 nitrogen and oxygen atoms in total. The Bertz CT molecular complexity index is 213. The summed E-state index contributed by atoms with van der Waals surface area (Å²) in [6.07, 6.45) is 4.67. The first kappa shape index (κ1) is 13.3. The molecule has 1 fully saturated rings. The third-order valence-corrected chi connectivity index (χ3v) is 3.39. The summed E-state index contributed by atoms with van der Waals surface area (Å²) >= 11 is 0. The van der Waals surface area contributed by atoms with E-state index in [2.05, 4.69) is 5.32 Å². The molecule has 2 amide bonds. The van der Waals surface area contributed by atoms with Crippen LogP contribution in [0.5, 0.6) is 0 Å². The van der Waals surface area contributed by atoms with Crippen molar-refractivity contribution in [2.75, 3.05) is 19.7 Å². The topological polar surface area (TPSA) is 52.6 Å². The molecule has 1 rings (SSSR count). The van der Waals surface area contributed by atoms with Crippen LogP contribution in [0.25, 0.3) is 0 Å². The highest BCUT2D eigenvalue weighted by Crippen LogP contribution is 2.10. The number of hydrogen-bond donors (Lipinski definition) is 2. The van der Waals surface area contributed by atoms with Crippen molar-refractivity contribution in [2.24, 2.45) is 5.92 Å². The van der Waals surface area contributed by atoms with Crippen LogP contribution in [0.4, 0.5) is 4.79 Å². The van der Waals surface area contributed by atoms with Gasteiger partial charge in [-0.2, -0.15) is 0 Å². The van der Waals surface area contributed by atoms with Crippen LogP contribution in [0.1, 0.15) is 39.5 Å². The van der Waals surface area contributed by atoms with Gasteiger partial charge in [0.05, 0.1) is 0 Å². The highest BCUT2D eigenvalue weighted by molar-refractivity contribution is 5.74. The second-order valence-electron chi connectivity index (χ2n) is 4.80. The third kappa shape index (κ3) is 4.00. The molecule has 4 heteroatoms. The lowest BCUT2D eigenvalue weighted by molar-refractivity contribution is 0.178. The number of aliphatic hydroxyl groups excluding tert-OH is 1. The zero-order chi connectivity index (χ0) is 12.0. The van der Waals surface area contributed by atoms with Crippen LogP contribution in [0.3, 0.4) is 0 Å². The molecular weight excluding hydrogens is 204 g/mol. The minimum absolute atomic E-state index is 0.0229. The van der Waals surface area contributed by atoms with E-state index in [1.807, 2.05) is 18.7 Å². The van der Waals surface area contributed by atoms with E-state index in [4.69, 9.17) is 5.11 Å². The van der Waals surface area contributed by atoms with Gasteiger partial charge >= 0.3 is 6.03 Å². The molecule has 1 aliphatic heterocycles. The van der Waals surface area contributed by atoms with Gasteiger partial charge in [0.1, 0.15) is 0 Å². The number of hydrogen-bond acceptors (Lipinski definition) is 2. The monoisotopic (exact) mass is 228 g/mol. The van der Waals surface area contributed by atoms with Crippen LogP contribution in [-0.2, 0) is 0 Å². The summed E-state index contributed by atoms with van der Waals surface area (Å²) in [7, 11) is 0. The van der Waals surface area contributed by atoms with Crippen molar-refractivity contribution < 1.29 is 9.90 Å². The Labute approximate surface area is 98.0 Å². The molecule has 1 saturated heterocycles. The number of aliphatic hydroxyl groups is 1. The van der Waals surface area contributed by atoms with Gasteiger partial charge in [-0.05, 0) is 25.7 Å². The van der Waals surface area contributed by atoms with Crippen LogP contribution in [0.15, 0.2) is 0 Å². The average Bonchev–Trinajstić information content (AvgIpc) is 2.56. The van der Waals surface area contributed by atoms with Crippen LogP contribution >= 0.6 is 0 Å². The van der Waals surface area contributed by atoms with E-state index in [9.17, 15) is 4.79 Å². The first-order chi connectivity index (χ1) is 7.65. The number of nitrogens with zero attached hydrogens (tertiary/aromatic N) is 1. The van der Waals surface area contributed by atoms with Crippen molar-refractivity contribution >= 4 is 6.03 Å². The maximum atomic E-state index is 11.9. The van der Waals surface area contributed by atoms with E-state index in [1.54, 1.807) is 0 Å². The lowest BCUT2D eigenvalue weighted by Crippen LogP contribution is -2.46. The highest BCUT2D eigenvalue weighted by Gasteiger charge is 2.19. The van der Waals surface area contributed by atoms with Crippen molar-refractivity contribution in [3.8, 4) is 0 Å². The number of rotatable bonds is 3. The Morgan fingerprint density at radius 2 is 1.81 bits per heavy atom. The van der Waals surface area contributed by atoms with Gasteiger partial charge in [0.2, 0.25) is 0 Å². The summed E-state index contributed by atoms with van der Waals surface area (Å²) in [6.45, 7) is 5.73. The average molecular weight is 228 g/mol. The summed E-state index contributed by atoms with van der Waals surface area (Å²) < 4.78 is 0. The summed E-state index contributed by atoms with van der Waals surface area (Å²) in [5, 5.41) is 12.0. The molecule has 0 aromatic rings. The molecule has 2 unspecified atom stereocenters. The fraction of sp³-hybridized carbons (Fsp3) is 0.917. The van der Waals surface area contributed by atoms with Gasteiger partial charge in [0.25, 0.3) is 0 Å². The molecule has 0 saturated carbocycles. The van der Waals surface area contributed by atoms with Crippen molar-refractivity contribution in [1.29, 1.82) is 0 Å². The molecule has 1 heterocycles. The molecule has 0 aromatic carbocycles. The lowest BCUT2D eigenvalue weighted by Gasteiger charge is -2.25. The van der Waals surface area contributed by atoms with Crippen LogP contribution in [0, 0.1) is 5.92 Å². The summed E-state index contributed by atoms with van der Waals surface area (Å²) in [5.74, 6) is 0.107. The zero-order valence-corrected chi connectivity index (χ0v) is 10.4.